The van der Waals surface area contributed by atoms with E-state index in [1.54, 1.807) is 11.4 Å². The van der Waals surface area contributed by atoms with Gasteiger partial charge in [0.05, 0.1) is 13.7 Å². The van der Waals surface area contributed by atoms with E-state index in [1.165, 1.54) is 30.4 Å². The molecule has 0 saturated heterocycles. The Hall–Kier alpha value is -1.84. The van der Waals surface area contributed by atoms with E-state index in [0.717, 1.165) is 0 Å². The number of hydrogen-bond acceptors (Lipinski definition) is 5. The summed E-state index contributed by atoms with van der Waals surface area (Å²) in [5.74, 6) is 4.86. The number of esters is 1. The first-order valence-electron chi connectivity index (χ1n) is 5.59. The van der Waals surface area contributed by atoms with Gasteiger partial charge in [-0.2, -0.15) is 0 Å². The lowest BCUT2D eigenvalue weighted by molar-refractivity contribution is -0.141. The monoisotopic (exact) mass is 281 g/mol. The van der Waals surface area contributed by atoms with Crippen LogP contribution < -0.4 is 0 Å². The van der Waals surface area contributed by atoms with E-state index in [2.05, 4.69) is 16.6 Å². The minimum absolute atomic E-state index is 0.0112. The molecular formula is C13H15NO4S. The highest BCUT2D eigenvalue weighted by atomic mass is 32.1. The maximum Gasteiger partial charge on any atom is 0.325 e. The van der Waals surface area contributed by atoms with E-state index >= 15 is 0 Å². The summed E-state index contributed by atoms with van der Waals surface area (Å²) in [7, 11) is 2.81. The van der Waals surface area contributed by atoms with Crippen molar-refractivity contribution in [1.29, 1.82) is 0 Å². The van der Waals surface area contributed by atoms with Crippen LogP contribution in [0.1, 0.15) is 21.7 Å². The van der Waals surface area contributed by atoms with Crippen LogP contribution in [0, 0.1) is 11.8 Å². The van der Waals surface area contributed by atoms with E-state index in [1.807, 2.05) is 0 Å². The zero-order valence-electron chi connectivity index (χ0n) is 10.8. The number of carbonyl (C=O) groups excluding carboxylic acids is 2. The Kier molecular flexibility index (Phi) is 6.06. The number of nitrogens with zero attached hydrogens (tertiary/aromatic N) is 1. The fourth-order valence-electron chi connectivity index (χ4n) is 1.29. The number of likely N-dealkylation sites (N-methyl/N-ethyl adjacent to an activating group) is 1. The maximum atomic E-state index is 12.1. The van der Waals surface area contributed by atoms with Crippen LogP contribution in [-0.4, -0.2) is 49.2 Å². The molecule has 0 saturated carbocycles. The molecule has 0 spiro atoms. The standard InChI is InChI=1S/C13H15NO4S/c1-14(9-11(16)18-2)13(17)12-10(6-8-19-12)5-3-4-7-15/h6,8,15H,4,7,9H2,1-2H3. The molecule has 0 aliphatic rings. The van der Waals surface area contributed by atoms with Crippen molar-refractivity contribution in [3.05, 3.63) is 21.9 Å². The molecule has 0 unspecified atom stereocenters. The fraction of sp³-hybridized carbons (Fsp3) is 0.385. The Morgan fingerprint density at radius 2 is 2.26 bits per heavy atom. The second-order valence-corrected chi connectivity index (χ2v) is 4.59. The van der Waals surface area contributed by atoms with Gasteiger partial charge in [0.15, 0.2) is 0 Å². The van der Waals surface area contributed by atoms with E-state index < -0.39 is 5.97 Å². The number of thiophene rings is 1. The molecule has 1 aromatic rings. The van der Waals surface area contributed by atoms with Crippen molar-refractivity contribution >= 4 is 23.2 Å². The normalized spacial score (nSPS) is 9.42. The highest BCUT2D eigenvalue weighted by molar-refractivity contribution is 7.12. The van der Waals surface area contributed by atoms with E-state index in [9.17, 15) is 9.59 Å². The number of hydrogen-bond donors (Lipinski definition) is 1. The summed E-state index contributed by atoms with van der Waals surface area (Å²) >= 11 is 1.27. The fourth-order valence-corrected chi connectivity index (χ4v) is 2.13. The average Bonchev–Trinajstić information content (AvgIpc) is 2.86. The predicted octanol–water partition coefficient (Wildman–Crippen LogP) is 0.727. The van der Waals surface area contributed by atoms with Crippen LogP contribution in [0.15, 0.2) is 11.4 Å². The van der Waals surface area contributed by atoms with Crippen molar-refractivity contribution in [2.45, 2.75) is 6.42 Å². The molecule has 1 heterocycles. The summed E-state index contributed by atoms with van der Waals surface area (Å²) in [6, 6.07) is 1.74. The van der Waals surface area contributed by atoms with Crippen LogP contribution >= 0.6 is 11.3 Å². The Morgan fingerprint density at radius 1 is 1.53 bits per heavy atom. The molecule has 19 heavy (non-hydrogen) atoms. The molecule has 6 heteroatoms. The summed E-state index contributed by atoms with van der Waals surface area (Å²) < 4.78 is 4.51. The van der Waals surface area contributed by atoms with Gasteiger partial charge in [0.2, 0.25) is 0 Å². The smallest absolute Gasteiger partial charge is 0.325 e. The lowest BCUT2D eigenvalue weighted by Crippen LogP contribution is -2.32. The first-order chi connectivity index (χ1) is 9.10. The molecule has 102 valence electrons. The van der Waals surface area contributed by atoms with Gasteiger partial charge in [0, 0.05) is 19.0 Å². The second-order valence-electron chi connectivity index (χ2n) is 3.68. The van der Waals surface area contributed by atoms with Crippen LogP contribution in [-0.2, 0) is 9.53 Å². The van der Waals surface area contributed by atoms with E-state index in [-0.39, 0.29) is 19.1 Å². The van der Waals surface area contributed by atoms with Gasteiger partial charge in [0.1, 0.15) is 11.4 Å². The highest BCUT2D eigenvalue weighted by Crippen LogP contribution is 2.17. The quantitative estimate of drug-likeness (QED) is 0.652. The molecule has 1 aromatic heterocycles. The van der Waals surface area contributed by atoms with Gasteiger partial charge in [-0.3, -0.25) is 9.59 Å². The Balaban J connectivity index is 2.80. The van der Waals surface area contributed by atoms with Crippen molar-refractivity contribution in [2.75, 3.05) is 27.3 Å². The number of rotatable bonds is 4. The molecule has 0 radical (unpaired) electrons. The van der Waals surface area contributed by atoms with Gasteiger partial charge in [-0.25, -0.2) is 0 Å². The molecule has 1 rings (SSSR count). The zero-order valence-corrected chi connectivity index (χ0v) is 11.6. The molecular weight excluding hydrogens is 266 g/mol. The van der Waals surface area contributed by atoms with Crippen molar-refractivity contribution in [3.8, 4) is 11.8 Å². The van der Waals surface area contributed by atoms with Crippen LogP contribution in [0.3, 0.4) is 0 Å². The lowest BCUT2D eigenvalue weighted by atomic mass is 10.2. The van der Waals surface area contributed by atoms with Gasteiger partial charge in [-0.1, -0.05) is 11.8 Å². The molecule has 0 aromatic carbocycles. The third kappa shape index (κ3) is 4.39. The number of amides is 1. The van der Waals surface area contributed by atoms with Crippen LogP contribution in [0.2, 0.25) is 0 Å². The minimum Gasteiger partial charge on any atom is -0.468 e. The summed E-state index contributed by atoms with van der Waals surface area (Å²) in [4.78, 5) is 25.0. The van der Waals surface area contributed by atoms with Crippen molar-refractivity contribution in [3.63, 3.8) is 0 Å². The van der Waals surface area contributed by atoms with Gasteiger partial charge in [-0.15, -0.1) is 11.3 Å². The molecule has 1 amide bonds. The molecule has 0 fully saturated rings. The number of carbonyl (C=O) groups is 2. The first kappa shape index (κ1) is 15.2. The van der Waals surface area contributed by atoms with Crippen molar-refractivity contribution < 1.29 is 19.4 Å². The SMILES string of the molecule is COC(=O)CN(C)C(=O)c1sccc1C#CCCO. The van der Waals surface area contributed by atoms with Gasteiger partial charge < -0.3 is 14.7 Å². The summed E-state index contributed by atoms with van der Waals surface area (Å²) in [5.41, 5.74) is 0.611. The predicted molar refractivity (Wildman–Crippen MR) is 71.9 cm³/mol. The van der Waals surface area contributed by atoms with Crippen LogP contribution in [0.5, 0.6) is 0 Å². The summed E-state index contributed by atoms with van der Waals surface area (Å²) in [5, 5.41) is 10.4. The molecule has 5 nitrogen and oxygen atoms in total. The molecule has 0 atom stereocenters. The van der Waals surface area contributed by atoms with Gasteiger partial charge in [0.25, 0.3) is 5.91 Å². The Labute approximate surface area is 115 Å². The van der Waals surface area contributed by atoms with Crippen LogP contribution in [0.4, 0.5) is 0 Å². The average molecular weight is 281 g/mol. The van der Waals surface area contributed by atoms with E-state index in [4.69, 9.17) is 5.11 Å². The molecule has 1 N–H and O–H groups in total. The summed E-state index contributed by atoms with van der Waals surface area (Å²) in [6.07, 6.45) is 0.363. The van der Waals surface area contributed by atoms with Gasteiger partial charge in [-0.05, 0) is 11.4 Å². The highest BCUT2D eigenvalue weighted by Gasteiger charge is 2.18. The number of methoxy groups -OCH3 is 1. The topological polar surface area (TPSA) is 66.8 Å². The van der Waals surface area contributed by atoms with Crippen LogP contribution in [0.25, 0.3) is 0 Å². The van der Waals surface area contributed by atoms with Crippen molar-refractivity contribution in [2.24, 2.45) is 0 Å². The van der Waals surface area contributed by atoms with E-state index in [0.29, 0.717) is 16.9 Å². The first-order valence-corrected chi connectivity index (χ1v) is 6.47. The maximum absolute atomic E-state index is 12.1. The lowest BCUT2D eigenvalue weighted by Gasteiger charge is -2.14. The number of aliphatic hydroxyl groups excluding tert-OH is 1. The Bertz CT molecular complexity index is 512. The molecule has 0 bridgehead atoms. The zero-order chi connectivity index (χ0) is 14.3. The third-order valence-electron chi connectivity index (χ3n) is 2.26. The molecule has 0 aliphatic carbocycles. The largest absolute Gasteiger partial charge is 0.468 e. The molecule has 0 aliphatic heterocycles. The summed E-state index contributed by atoms with van der Waals surface area (Å²) in [6.45, 7) is -0.112. The minimum atomic E-state index is -0.472. The number of ether oxygens (including phenoxy) is 1. The van der Waals surface area contributed by atoms with Gasteiger partial charge >= 0.3 is 5.97 Å². The van der Waals surface area contributed by atoms with Crippen molar-refractivity contribution in [1.82, 2.24) is 4.90 Å². The third-order valence-corrected chi connectivity index (χ3v) is 3.16. The number of aliphatic hydroxyl groups is 1. The second kappa shape index (κ2) is 7.56. The Morgan fingerprint density at radius 3 is 2.89 bits per heavy atom.